The Morgan fingerprint density at radius 3 is 2.59 bits per heavy atom. The van der Waals surface area contributed by atoms with Gasteiger partial charge in [0.2, 0.25) is 5.95 Å². The van der Waals surface area contributed by atoms with Gasteiger partial charge in [-0.1, -0.05) is 19.3 Å². The fraction of sp³-hybridized carbons (Fsp3) is 0.577. The molecule has 2 unspecified atom stereocenters. The Bertz CT molecular complexity index is 1140. The number of nitrogens with zero attached hydrogens (tertiary/aromatic N) is 4. The van der Waals surface area contributed by atoms with Crippen LogP contribution < -0.4 is 15.4 Å². The number of piperidine rings is 1. The second-order valence-corrected chi connectivity index (χ2v) is 10.3. The molecule has 3 aliphatic rings. The van der Waals surface area contributed by atoms with Gasteiger partial charge in [-0.15, -0.1) is 0 Å². The number of aryl methyl sites for hydroxylation is 1. The molecule has 0 spiro atoms. The molecule has 8 heteroatoms. The fourth-order valence-electron chi connectivity index (χ4n) is 6.05. The van der Waals surface area contributed by atoms with Crippen molar-refractivity contribution in [3.63, 3.8) is 0 Å². The van der Waals surface area contributed by atoms with Crippen molar-refractivity contribution in [3.8, 4) is 5.75 Å². The van der Waals surface area contributed by atoms with Crippen molar-refractivity contribution < 1.29 is 4.74 Å². The van der Waals surface area contributed by atoms with Crippen molar-refractivity contribution in [2.75, 3.05) is 17.7 Å². The minimum Gasteiger partial charge on any atom is -0.490 e. The van der Waals surface area contributed by atoms with Crippen molar-refractivity contribution in [3.05, 3.63) is 30.1 Å². The zero-order valence-electron chi connectivity index (χ0n) is 20.2. The molecular weight excluding hydrogens is 426 g/mol. The summed E-state index contributed by atoms with van der Waals surface area (Å²) in [6, 6.07) is 8.06. The Morgan fingerprint density at radius 1 is 1.03 bits per heavy atom. The van der Waals surface area contributed by atoms with Gasteiger partial charge in [0.15, 0.2) is 11.5 Å². The van der Waals surface area contributed by atoms with E-state index in [1.807, 2.05) is 0 Å². The van der Waals surface area contributed by atoms with Crippen LogP contribution in [0.25, 0.3) is 11.2 Å². The molecule has 6 rings (SSSR count). The van der Waals surface area contributed by atoms with Crippen LogP contribution in [-0.2, 0) is 0 Å². The average Bonchev–Trinajstić information content (AvgIpc) is 3.37. The Labute approximate surface area is 200 Å². The molecule has 2 bridgehead atoms. The van der Waals surface area contributed by atoms with Crippen LogP contribution >= 0.6 is 0 Å². The number of H-pyrrole nitrogens is 1. The van der Waals surface area contributed by atoms with E-state index >= 15 is 0 Å². The van der Waals surface area contributed by atoms with Gasteiger partial charge in [-0.05, 0) is 76.3 Å². The molecule has 0 radical (unpaired) electrons. The van der Waals surface area contributed by atoms with Gasteiger partial charge >= 0.3 is 0 Å². The summed E-state index contributed by atoms with van der Waals surface area (Å²) in [5, 5.41) is 7.05. The third-order valence-electron chi connectivity index (χ3n) is 8.03. The maximum Gasteiger partial charge on any atom is 0.231 e. The van der Waals surface area contributed by atoms with Gasteiger partial charge in [0.1, 0.15) is 17.4 Å². The number of rotatable bonds is 6. The van der Waals surface area contributed by atoms with Crippen molar-refractivity contribution in [2.24, 2.45) is 0 Å². The summed E-state index contributed by atoms with van der Waals surface area (Å²) in [4.78, 5) is 19.6. The first-order valence-corrected chi connectivity index (χ1v) is 12.9. The summed E-state index contributed by atoms with van der Waals surface area (Å²) >= 11 is 0. The van der Waals surface area contributed by atoms with Crippen LogP contribution in [0.15, 0.2) is 24.5 Å². The third-order valence-corrected chi connectivity index (χ3v) is 8.03. The number of anilines is 3. The lowest BCUT2D eigenvalue weighted by molar-refractivity contribution is 0.0661. The van der Waals surface area contributed by atoms with Gasteiger partial charge in [0, 0.05) is 23.8 Å². The number of hydrogen-bond donors (Lipinski definition) is 3. The largest absolute Gasteiger partial charge is 0.490 e. The number of ether oxygens (including phenoxy) is 1. The van der Waals surface area contributed by atoms with Gasteiger partial charge in [-0.25, -0.2) is 4.98 Å². The molecule has 2 aromatic heterocycles. The summed E-state index contributed by atoms with van der Waals surface area (Å²) in [5.41, 5.74) is 3.63. The SMILES string of the molecule is Cc1cc(OC2CC3CCC(C2)N3C)ccc1Nc1nc(NC2CCCCC2)c2[nH]cnc2n1. The number of fused-ring (bicyclic) bond motifs is 3. The number of nitrogens with one attached hydrogen (secondary N) is 3. The highest BCUT2D eigenvalue weighted by Gasteiger charge is 2.39. The zero-order valence-corrected chi connectivity index (χ0v) is 20.2. The molecule has 1 saturated carbocycles. The monoisotopic (exact) mass is 461 g/mol. The van der Waals surface area contributed by atoms with E-state index in [1.165, 1.54) is 44.9 Å². The first-order chi connectivity index (χ1) is 16.6. The van der Waals surface area contributed by atoms with Crippen LogP contribution in [0.3, 0.4) is 0 Å². The number of hydrogen-bond acceptors (Lipinski definition) is 7. The number of aromatic nitrogens is 4. The minimum atomic E-state index is 0.311. The van der Waals surface area contributed by atoms with Crippen LogP contribution in [0.2, 0.25) is 0 Å². The highest BCUT2D eigenvalue weighted by atomic mass is 16.5. The van der Waals surface area contributed by atoms with Crippen LogP contribution in [-0.4, -0.2) is 56.1 Å². The molecule has 0 amide bonds. The maximum absolute atomic E-state index is 6.41. The van der Waals surface area contributed by atoms with Gasteiger partial charge in [0.25, 0.3) is 0 Å². The smallest absolute Gasteiger partial charge is 0.231 e. The zero-order chi connectivity index (χ0) is 23.1. The van der Waals surface area contributed by atoms with Crippen LogP contribution in [0, 0.1) is 6.92 Å². The maximum atomic E-state index is 6.41. The molecule has 180 valence electrons. The molecule has 4 heterocycles. The van der Waals surface area contributed by atoms with Crippen LogP contribution in [0.1, 0.15) is 63.4 Å². The van der Waals surface area contributed by atoms with E-state index < -0.39 is 0 Å². The number of aromatic amines is 1. The van der Waals surface area contributed by atoms with Crippen molar-refractivity contribution >= 4 is 28.6 Å². The standard InChI is InChI=1S/C26H35N7O/c1-16-12-20(34-21-13-18-8-9-19(14-21)33(18)2)10-11-22(16)30-26-31-24-23(27-15-28-24)25(32-26)29-17-6-4-3-5-7-17/h10-12,15,17-19,21H,3-9,13-14H2,1-2H3,(H3,27,28,29,30,31,32). The summed E-state index contributed by atoms with van der Waals surface area (Å²) in [6.07, 6.45) is 13.1. The van der Waals surface area contributed by atoms with E-state index in [0.717, 1.165) is 41.2 Å². The van der Waals surface area contributed by atoms with E-state index in [0.29, 0.717) is 35.8 Å². The van der Waals surface area contributed by atoms with E-state index in [2.05, 4.69) is 62.7 Å². The highest BCUT2D eigenvalue weighted by Crippen LogP contribution is 2.36. The predicted octanol–water partition coefficient (Wildman–Crippen LogP) is 5.15. The van der Waals surface area contributed by atoms with E-state index in [9.17, 15) is 0 Å². The molecule has 3 fully saturated rings. The predicted molar refractivity (Wildman–Crippen MR) is 135 cm³/mol. The lowest BCUT2D eigenvalue weighted by atomic mass is 9.95. The van der Waals surface area contributed by atoms with E-state index in [1.54, 1.807) is 6.33 Å². The van der Waals surface area contributed by atoms with Crippen LogP contribution in [0.5, 0.6) is 5.75 Å². The van der Waals surface area contributed by atoms with Gasteiger partial charge in [0.05, 0.1) is 6.33 Å². The highest BCUT2D eigenvalue weighted by molar-refractivity contribution is 5.84. The summed E-state index contributed by atoms with van der Waals surface area (Å²) in [5.74, 6) is 2.33. The molecule has 34 heavy (non-hydrogen) atoms. The molecular formula is C26H35N7O. The second kappa shape index (κ2) is 9.06. The lowest BCUT2D eigenvalue weighted by Gasteiger charge is -2.36. The molecule has 2 atom stereocenters. The topological polar surface area (TPSA) is 91.0 Å². The second-order valence-electron chi connectivity index (χ2n) is 10.3. The number of benzene rings is 1. The number of imidazole rings is 1. The summed E-state index contributed by atoms with van der Waals surface area (Å²) in [6.45, 7) is 2.10. The molecule has 1 aromatic carbocycles. The van der Waals surface area contributed by atoms with Crippen molar-refractivity contribution in [1.82, 2.24) is 24.8 Å². The van der Waals surface area contributed by atoms with E-state index in [-0.39, 0.29) is 0 Å². The Morgan fingerprint density at radius 2 is 1.82 bits per heavy atom. The molecule has 2 saturated heterocycles. The fourth-order valence-corrected chi connectivity index (χ4v) is 6.05. The normalized spacial score (nSPS) is 25.5. The van der Waals surface area contributed by atoms with Crippen LogP contribution in [0.4, 0.5) is 17.5 Å². The van der Waals surface area contributed by atoms with Gasteiger partial charge in [-0.2, -0.15) is 9.97 Å². The Hall–Kier alpha value is -2.87. The summed E-state index contributed by atoms with van der Waals surface area (Å²) in [7, 11) is 2.27. The van der Waals surface area contributed by atoms with Gasteiger partial charge < -0.3 is 25.3 Å². The average molecular weight is 462 g/mol. The van der Waals surface area contributed by atoms with Crippen molar-refractivity contribution in [2.45, 2.75) is 88.9 Å². The Balaban J connectivity index is 1.17. The third kappa shape index (κ3) is 4.31. The lowest BCUT2D eigenvalue weighted by Crippen LogP contribution is -2.43. The molecule has 8 nitrogen and oxygen atoms in total. The minimum absolute atomic E-state index is 0.311. The van der Waals surface area contributed by atoms with Gasteiger partial charge in [-0.3, -0.25) is 0 Å². The quantitative estimate of drug-likeness (QED) is 0.467. The molecule has 2 aliphatic heterocycles. The Kier molecular flexibility index (Phi) is 5.77. The summed E-state index contributed by atoms with van der Waals surface area (Å²) < 4.78 is 6.41. The first kappa shape index (κ1) is 21.6. The molecule has 3 aromatic rings. The molecule has 1 aliphatic carbocycles. The van der Waals surface area contributed by atoms with E-state index in [4.69, 9.17) is 9.72 Å². The molecule has 3 N–H and O–H groups in total. The van der Waals surface area contributed by atoms with Crippen molar-refractivity contribution in [1.29, 1.82) is 0 Å². The first-order valence-electron chi connectivity index (χ1n) is 12.9.